The number of aromatic carboxylic acids is 1. The summed E-state index contributed by atoms with van der Waals surface area (Å²) in [5.41, 5.74) is 0.0322. The molecule has 1 aromatic heterocycles. The van der Waals surface area contributed by atoms with E-state index in [4.69, 9.17) is 5.11 Å². The van der Waals surface area contributed by atoms with Gasteiger partial charge in [0.25, 0.3) is 0 Å². The molecule has 2 amide bonds. The standard InChI is InChI=1S/C18H19F2N3O4S/c1-3-4-13-15(17(26)27)22-18(28-13)23-16(25)9(2)21-14(24)7-10-5-11(19)8-12(20)6-10/h5-6,8-9H,3-4,7H2,1-2H3,(H,21,24)(H,26,27)(H,22,23,25). The summed E-state index contributed by atoms with van der Waals surface area (Å²) in [7, 11) is 0. The zero-order valence-corrected chi connectivity index (χ0v) is 16.0. The summed E-state index contributed by atoms with van der Waals surface area (Å²) in [6.45, 7) is 3.32. The van der Waals surface area contributed by atoms with Gasteiger partial charge in [-0.05, 0) is 31.0 Å². The number of carbonyl (C=O) groups excluding carboxylic acids is 2. The van der Waals surface area contributed by atoms with Crippen LogP contribution in [0.1, 0.15) is 41.2 Å². The molecular weight excluding hydrogens is 392 g/mol. The van der Waals surface area contributed by atoms with Crippen molar-refractivity contribution < 1.29 is 28.3 Å². The zero-order chi connectivity index (χ0) is 20.8. The van der Waals surface area contributed by atoms with Gasteiger partial charge in [0.1, 0.15) is 17.7 Å². The molecule has 0 aliphatic rings. The number of hydrogen-bond acceptors (Lipinski definition) is 5. The number of thiazole rings is 1. The molecule has 7 nitrogen and oxygen atoms in total. The van der Waals surface area contributed by atoms with Gasteiger partial charge in [0.05, 0.1) is 6.42 Å². The van der Waals surface area contributed by atoms with Crippen LogP contribution in [0.25, 0.3) is 0 Å². The van der Waals surface area contributed by atoms with Crippen LogP contribution in [-0.2, 0) is 22.4 Å². The molecule has 150 valence electrons. The lowest BCUT2D eigenvalue weighted by molar-refractivity contribution is -0.125. The molecule has 0 saturated carbocycles. The Balaban J connectivity index is 1.97. The number of benzene rings is 1. The van der Waals surface area contributed by atoms with Crippen LogP contribution in [0.3, 0.4) is 0 Å². The van der Waals surface area contributed by atoms with E-state index in [2.05, 4.69) is 15.6 Å². The number of carboxylic acid groups (broad SMARTS) is 1. The van der Waals surface area contributed by atoms with Crippen molar-refractivity contribution in [2.45, 2.75) is 39.2 Å². The smallest absolute Gasteiger partial charge is 0.355 e. The zero-order valence-electron chi connectivity index (χ0n) is 15.2. The minimum atomic E-state index is -1.18. The number of nitrogens with zero attached hydrogens (tertiary/aromatic N) is 1. The number of nitrogens with one attached hydrogen (secondary N) is 2. The molecule has 2 rings (SSSR count). The first-order chi connectivity index (χ1) is 13.2. The van der Waals surface area contributed by atoms with E-state index in [0.717, 1.165) is 29.9 Å². The van der Waals surface area contributed by atoms with Gasteiger partial charge in [0.2, 0.25) is 11.8 Å². The summed E-state index contributed by atoms with van der Waals surface area (Å²) < 4.78 is 26.3. The molecule has 0 saturated heterocycles. The van der Waals surface area contributed by atoms with Crippen LogP contribution >= 0.6 is 11.3 Å². The van der Waals surface area contributed by atoms with Crippen LogP contribution in [0.15, 0.2) is 18.2 Å². The van der Waals surface area contributed by atoms with E-state index >= 15 is 0 Å². The quantitative estimate of drug-likeness (QED) is 0.619. The Morgan fingerprint density at radius 1 is 1.21 bits per heavy atom. The minimum Gasteiger partial charge on any atom is -0.476 e. The van der Waals surface area contributed by atoms with Gasteiger partial charge in [-0.2, -0.15) is 0 Å². The maximum absolute atomic E-state index is 13.2. The average Bonchev–Trinajstić information content (AvgIpc) is 2.96. The van der Waals surface area contributed by atoms with E-state index in [1.54, 1.807) is 0 Å². The summed E-state index contributed by atoms with van der Waals surface area (Å²) >= 11 is 1.06. The normalized spacial score (nSPS) is 11.7. The van der Waals surface area contributed by atoms with Crippen molar-refractivity contribution in [3.8, 4) is 0 Å². The van der Waals surface area contributed by atoms with Crippen LogP contribution in [0.4, 0.5) is 13.9 Å². The van der Waals surface area contributed by atoms with E-state index in [9.17, 15) is 23.2 Å². The maximum Gasteiger partial charge on any atom is 0.355 e. The first kappa shape index (κ1) is 21.4. The topological polar surface area (TPSA) is 108 Å². The highest BCUT2D eigenvalue weighted by molar-refractivity contribution is 7.16. The number of carbonyl (C=O) groups is 3. The van der Waals surface area contributed by atoms with Crippen molar-refractivity contribution in [1.29, 1.82) is 0 Å². The van der Waals surface area contributed by atoms with E-state index < -0.39 is 35.5 Å². The maximum atomic E-state index is 13.2. The van der Waals surface area contributed by atoms with Crippen LogP contribution < -0.4 is 10.6 Å². The predicted molar refractivity (Wildman–Crippen MR) is 99.4 cm³/mol. The number of carboxylic acids is 1. The van der Waals surface area contributed by atoms with Gasteiger partial charge >= 0.3 is 5.97 Å². The lowest BCUT2D eigenvalue weighted by atomic mass is 10.1. The van der Waals surface area contributed by atoms with Crippen molar-refractivity contribution >= 4 is 34.3 Å². The number of hydrogen-bond donors (Lipinski definition) is 3. The Hall–Kier alpha value is -2.88. The van der Waals surface area contributed by atoms with Gasteiger partial charge < -0.3 is 15.7 Å². The lowest BCUT2D eigenvalue weighted by Crippen LogP contribution is -2.42. The van der Waals surface area contributed by atoms with Crippen LogP contribution in [0.5, 0.6) is 0 Å². The van der Waals surface area contributed by atoms with Crippen molar-refractivity contribution in [2.24, 2.45) is 0 Å². The molecule has 0 radical (unpaired) electrons. The summed E-state index contributed by atoms with van der Waals surface area (Å²) in [6, 6.07) is 1.80. The second kappa shape index (κ2) is 9.36. The molecule has 0 aliphatic carbocycles. The fourth-order valence-electron chi connectivity index (χ4n) is 2.44. The summed E-state index contributed by atoms with van der Waals surface area (Å²) in [5, 5.41) is 14.2. The molecule has 2 aromatic rings. The Kier molecular flexibility index (Phi) is 7.16. The first-order valence-corrected chi connectivity index (χ1v) is 9.29. The molecule has 0 spiro atoms. The Bertz CT molecular complexity index is 881. The average molecular weight is 411 g/mol. The first-order valence-electron chi connectivity index (χ1n) is 8.47. The Morgan fingerprint density at radius 2 is 1.86 bits per heavy atom. The molecule has 10 heteroatoms. The number of anilines is 1. The van der Waals surface area contributed by atoms with Gasteiger partial charge in [-0.15, -0.1) is 11.3 Å². The molecule has 1 heterocycles. The van der Waals surface area contributed by atoms with E-state index in [1.807, 2.05) is 6.92 Å². The highest BCUT2D eigenvalue weighted by Gasteiger charge is 2.21. The monoisotopic (exact) mass is 411 g/mol. The second-order valence-electron chi connectivity index (χ2n) is 6.08. The van der Waals surface area contributed by atoms with Gasteiger partial charge in [0, 0.05) is 10.9 Å². The highest BCUT2D eigenvalue weighted by atomic mass is 32.1. The highest BCUT2D eigenvalue weighted by Crippen LogP contribution is 2.24. The van der Waals surface area contributed by atoms with Crippen LogP contribution in [0.2, 0.25) is 0 Å². The molecule has 28 heavy (non-hydrogen) atoms. The molecule has 0 fully saturated rings. The van der Waals surface area contributed by atoms with E-state index in [0.29, 0.717) is 17.4 Å². The van der Waals surface area contributed by atoms with Crippen LogP contribution in [-0.4, -0.2) is 33.9 Å². The molecule has 0 aliphatic heterocycles. The summed E-state index contributed by atoms with van der Waals surface area (Å²) in [4.78, 5) is 39.9. The number of aromatic nitrogens is 1. The van der Waals surface area contributed by atoms with Crippen molar-refractivity contribution in [3.63, 3.8) is 0 Å². The summed E-state index contributed by atoms with van der Waals surface area (Å²) in [6.07, 6.45) is 0.946. The molecular formula is C18H19F2N3O4S. The number of amides is 2. The Labute approximate surface area is 163 Å². The fourth-order valence-corrected chi connectivity index (χ4v) is 3.50. The predicted octanol–water partition coefficient (Wildman–Crippen LogP) is 2.76. The third-order valence-electron chi connectivity index (χ3n) is 3.66. The number of halogens is 2. The second-order valence-corrected chi connectivity index (χ2v) is 7.16. The molecule has 0 bridgehead atoms. The van der Waals surface area contributed by atoms with Crippen molar-refractivity contribution in [1.82, 2.24) is 10.3 Å². The number of rotatable bonds is 8. The molecule has 3 N–H and O–H groups in total. The fraction of sp³-hybridized carbons (Fsp3) is 0.333. The van der Waals surface area contributed by atoms with Crippen molar-refractivity contribution in [3.05, 3.63) is 46.0 Å². The summed E-state index contributed by atoms with van der Waals surface area (Å²) in [5.74, 6) is -3.95. The molecule has 1 aromatic carbocycles. The van der Waals surface area contributed by atoms with Crippen LogP contribution in [0, 0.1) is 11.6 Å². The van der Waals surface area contributed by atoms with Gasteiger partial charge in [-0.1, -0.05) is 13.3 Å². The SMILES string of the molecule is CCCc1sc(NC(=O)C(C)NC(=O)Cc2cc(F)cc(F)c2)nc1C(=O)O. The lowest BCUT2D eigenvalue weighted by Gasteiger charge is -2.13. The van der Waals surface area contributed by atoms with Gasteiger partial charge in [-0.25, -0.2) is 18.6 Å². The third kappa shape index (κ3) is 5.81. The van der Waals surface area contributed by atoms with Gasteiger partial charge in [0.15, 0.2) is 10.8 Å². The number of aryl methyl sites for hydroxylation is 1. The van der Waals surface area contributed by atoms with Crippen molar-refractivity contribution in [2.75, 3.05) is 5.32 Å². The molecule has 1 atom stereocenters. The molecule has 1 unspecified atom stereocenters. The Morgan fingerprint density at radius 3 is 2.43 bits per heavy atom. The van der Waals surface area contributed by atoms with Gasteiger partial charge in [-0.3, -0.25) is 9.59 Å². The third-order valence-corrected chi connectivity index (χ3v) is 4.70. The minimum absolute atomic E-state index is 0.105. The van der Waals surface area contributed by atoms with E-state index in [-0.39, 0.29) is 22.8 Å². The largest absolute Gasteiger partial charge is 0.476 e. The van der Waals surface area contributed by atoms with E-state index in [1.165, 1.54) is 6.92 Å².